The number of ether oxygens (including phenoxy) is 1. The van der Waals surface area contributed by atoms with E-state index in [-0.39, 0.29) is 17.4 Å². The van der Waals surface area contributed by atoms with Crippen LogP contribution in [0.5, 0.6) is 5.75 Å². The van der Waals surface area contributed by atoms with Gasteiger partial charge in [0.05, 0.1) is 18.6 Å². The van der Waals surface area contributed by atoms with Gasteiger partial charge in [-0.2, -0.15) is 0 Å². The third-order valence-corrected chi connectivity index (χ3v) is 8.60. The lowest BCUT2D eigenvalue weighted by Gasteiger charge is -2.12. The van der Waals surface area contributed by atoms with Crippen molar-refractivity contribution in [3.05, 3.63) is 130 Å². The maximum Gasteiger partial charge on any atom is 0.272 e. The smallest absolute Gasteiger partial charge is 0.272 e. The number of thiazole rings is 1. The number of anilines is 2. The van der Waals surface area contributed by atoms with Crippen LogP contribution in [0.1, 0.15) is 15.9 Å². The number of nitrogens with one attached hydrogen (secondary N) is 3. The third-order valence-electron chi connectivity index (χ3n) is 6.31. The molecule has 0 aliphatic carbocycles. The van der Waals surface area contributed by atoms with E-state index in [2.05, 4.69) is 36.9 Å². The van der Waals surface area contributed by atoms with Gasteiger partial charge in [0.1, 0.15) is 11.4 Å². The number of hydrogen-bond acceptors (Lipinski definition) is 7. The lowest BCUT2D eigenvalue weighted by atomic mass is 10.1. The number of carbonyl (C=O) groups is 3. The van der Waals surface area contributed by atoms with E-state index >= 15 is 0 Å². The molecule has 0 unspecified atom stereocenters. The van der Waals surface area contributed by atoms with Crippen molar-refractivity contribution in [1.29, 1.82) is 0 Å². The topological polar surface area (TPSA) is 109 Å². The molecule has 5 aromatic rings. The maximum atomic E-state index is 13.3. The molecule has 0 fully saturated rings. The first kappa shape index (κ1) is 31.7. The van der Waals surface area contributed by atoms with E-state index in [0.29, 0.717) is 27.7 Å². The Morgan fingerprint density at radius 3 is 2.40 bits per heavy atom. The Morgan fingerprint density at radius 2 is 1.67 bits per heavy atom. The first-order valence-corrected chi connectivity index (χ1v) is 16.3. The highest BCUT2D eigenvalue weighted by Crippen LogP contribution is 2.27. The van der Waals surface area contributed by atoms with Gasteiger partial charge in [0.25, 0.3) is 11.8 Å². The molecule has 11 heteroatoms. The number of aromatic nitrogens is 1. The molecule has 8 nitrogen and oxygen atoms in total. The van der Waals surface area contributed by atoms with Crippen LogP contribution in [0, 0.1) is 0 Å². The molecule has 5 rings (SSSR count). The summed E-state index contributed by atoms with van der Waals surface area (Å²) in [6.07, 6.45) is 1.59. The van der Waals surface area contributed by atoms with E-state index < -0.39 is 11.8 Å². The van der Waals surface area contributed by atoms with E-state index in [4.69, 9.17) is 4.74 Å². The number of carbonyl (C=O) groups excluding carboxylic acids is 3. The van der Waals surface area contributed by atoms with E-state index in [9.17, 15) is 14.4 Å². The zero-order valence-corrected chi connectivity index (χ0v) is 27.2. The normalized spacial score (nSPS) is 11.0. The van der Waals surface area contributed by atoms with Crippen molar-refractivity contribution in [3.8, 4) is 17.0 Å². The lowest BCUT2D eigenvalue weighted by Crippen LogP contribution is -2.30. The Bertz CT molecular complexity index is 1830. The van der Waals surface area contributed by atoms with Gasteiger partial charge in [0.15, 0.2) is 5.13 Å². The molecule has 0 bridgehead atoms. The molecule has 3 amide bonds. The first-order valence-electron chi connectivity index (χ1n) is 13.6. The van der Waals surface area contributed by atoms with Gasteiger partial charge >= 0.3 is 0 Å². The second kappa shape index (κ2) is 15.3. The molecule has 3 N–H and O–H groups in total. The van der Waals surface area contributed by atoms with Crippen molar-refractivity contribution < 1.29 is 19.1 Å². The molecule has 0 aliphatic rings. The number of benzene rings is 4. The minimum Gasteiger partial charge on any atom is -0.497 e. The fraction of sp³-hybridized carbons (Fsp3) is 0.0588. The van der Waals surface area contributed by atoms with Gasteiger partial charge < -0.3 is 20.7 Å². The Hall–Kier alpha value is -4.71. The number of thioether (sulfide) groups is 1. The number of methoxy groups -OCH3 is 1. The largest absolute Gasteiger partial charge is 0.497 e. The van der Waals surface area contributed by atoms with Crippen molar-refractivity contribution in [2.75, 3.05) is 23.5 Å². The Morgan fingerprint density at radius 1 is 0.911 bits per heavy atom. The summed E-state index contributed by atoms with van der Waals surface area (Å²) < 4.78 is 6.28. The highest BCUT2D eigenvalue weighted by Gasteiger charge is 2.16. The van der Waals surface area contributed by atoms with E-state index in [1.54, 1.807) is 67.8 Å². The van der Waals surface area contributed by atoms with Gasteiger partial charge in [-0.3, -0.25) is 14.4 Å². The molecular formula is C34H27BrN4O4S2. The zero-order valence-electron chi connectivity index (χ0n) is 24.0. The van der Waals surface area contributed by atoms with Crippen LogP contribution in [0.15, 0.2) is 124 Å². The van der Waals surface area contributed by atoms with Gasteiger partial charge in [-0.05, 0) is 72.3 Å². The second-order valence-corrected chi connectivity index (χ2v) is 12.3. The summed E-state index contributed by atoms with van der Waals surface area (Å²) in [7, 11) is 1.56. The molecular weight excluding hydrogens is 672 g/mol. The van der Waals surface area contributed by atoms with E-state index in [1.165, 1.54) is 23.1 Å². The molecule has 0 atom stereocenters. The quantitative estimate of drug-likeness (QED) is 0.0963. The van der Waals surface area contributed by atoms with Crippen LogP contribution in [-0.4, -0.2) is 35.6 Å². The van der Waals surface area contributed by atoms with Crippen LogP contribution < -0.4 is 20.7 Å². The highest BCUT2D eigenvalue weighted by atomic mass is 79.9. The molecule has 0 saturated carbocycles. The van der Waals surface area contributed by atoms with Gasteiger partial charge in [-0.25, -0.2) is 4.98 Å². The fourth-order valence-electron chi connectivity index (χ4n) is 4.06. The molecule has 0 spiro atoms. The Kier molecular flexibility index (Phi) is 10.8. The minimum absolute atomic E-state index is 0.0673. The first-order chi connectivity index (χ1) is 21.9. The third kappa shape index (κ3) is 9.15. The van der Waals surface area contributed by atoms with Gasteiger partial charge in [-0.1, -0.05) is 58.4 Å². The number of hydrogen-bond donors (Lipinski definition) is 3. The van der Waals surface area contributed by atoms with Crippen LogP contribution in [0.4, 0.5) is 10.8 Å². The highest BCUT2D eigenvalue weighted by molar-refractivity contribution is 9.10. The van der Waals surface area contributed by atoms with Gasteiger partial charge in [0.2, 0.25) is 5.91 Å². The van der Waals surface area contributed by atoms with Crippen LogP contribution in [-0.2, 0) is 9.59 Å². The van der Waals surface area contributed by atoms with Gasteiger partial charge in [0, 0.05) is 31.6 Å². The fourth-order valence-corrected chi connectivity index (χ4v) is 5.76. The number of halogens is 1. The summed E-state index contributed by atoms with van der Waals surface area (Å²) in [6.45, 7) is 0. The number of amides is 3. The Balaban J connectivity index is 1.19. The van der Waals surface area contributed by atoms with Crippen molar-refractivity contribution in [1.82, 2.24) is 10.3 Å². The van der Waals surface area contributed by atoms with E-state index in [0.717, 1.165) is 20.6 Å². The van der Waals surface area contributed by atoms with Crippen molar-refractivity contribution in [2.45, 2.75) is 4.90 Å². The average Bonchev–Trinajstić information content (AvgIpc) is 3.53. The molecule has 1 aromatic heterocycles. The average molecular weight is 700 g/mol. The zero-order chi connectivity index (χ0) is 31.6. The molecule has 226 valence electrons. The maximum absolute atomic E-state index is 13.3. The molecule has 4 aromatic carbocycles. The second-order valence-electron chi connectivity index (χ2n) is 9.51. The van der Waals surface area contributed by atoms with Gasteiger partial charge in [-0.15, -0.1) is 23.1 Å². The predicted octanol–water partition coefficient (Wildman–Crippen LogP) is 7.72. The number of nitrogens with zero attached hydrogens (tertiary/aromatic N) is 1. The molecule has 45 heavy (non-hydrogen) atoms. The molecule has 0 radical (unpaired) electrons. The molecule has 0 saturated heterocycles. The van der Waals surface area contributed by atoms with E-state index in [1.807, 2.05) is 53.9 Å². The summed E-state index contributed by atoms with van der Waals surface area (Å²) in [5.41, 5.74) is 3.47. The van der Waals surface area contributed by atoms with Crippen LogP contribution in [0.25, 0.3) is 17.3 Å². The van der Waals surface area contributed by atoms with Crippen molar-refractivity contribution >= 4 is 73.6 Å². The summed E-state index contributed by atoms with van der Waals surface area (Å²) >= 11 is 6.16. The van der Waals surface area contributed by atoms with Crippen molar-refractivity contribution in [3.63, 3.8) is 0 Å². The van der Waals surface area contributed by atoms with Crippen LogP contribution >= 0.6 is 39.0 Å². The SMILES string of the molecule is COc1cccc(/C=C(\NC(=O)c2ccccc2)C(=O)Nc2ccc(SCC(=O)Nc3nc(-c4ccc(Br)cc4)cs3)cc2)c1. The molecule has 1 heterocycles. The summed E-state index contributed by atoms with van der Waals surface area (Å²) in [5.74, 6) is -0.259. The van der Waals surface area contributed by atoms with Crippen LogP contribution in [0.3, 0.4) is 0 Å². The lowest BCUT2D eigenvalue weighted by molar-refractivity contribution is -0.114. The summed E-state index contributed by atoms with van der Waals surface area (Å²) in [6, 6.07) is 30.8. The van der Waals surface area contributed by atoms with Crippen LogP contribution in [0.2, 0.25) is 0 Å². The minimum atomic E-state index is -0.493. The number of rotatable bonds is 11. The summed E-state index contributed by atoms with van der Waals surface area (Å²) in [4.78, 5) is 44.2. The molecule has 0 aliphatic heterocycles. The standard InChI is InChI=1S/C34H27BrN4O4S2/c1-43-27-9-5-6-22(18-27)19-29(37-32(41)24-7-3-2-4-8-24)33(42)36-26-14-16-28(17-15-26)44-21-31(40)39-34-38-30(20-45-34)23-10-12-25(35)13-11-23/h2-20H,21H2,1H3,(H,36,42)(H,37,41)(H,38,39,40)/b29-19-. The monoisotopic (exact) mass is 698 g/mol. The van der Waals surface area contributed by atoms with Crippen molar-refractivity contribution in [2.24, 2.45) is 0 Å². The summed E-state index contributed by atoms with van der Waals surface area (Å²) in [5, 5.41) is 10.9. The predicted molar refractivity (Wildman–Crippen MR) is 185 cm³/mol. The Labute approximate surface area is 277 Å².